The molecule has 0 spiro atoms. The minimum absolute atomic E-state index is 0.199. The number of amides is 1. The molecule has 0 aliphatic heterocycles. The molecule has 0 radical (unpaired) electrons. The monoisotopic (exact) mass is 288 g/mol. The predicted molar refractivity (Wildman–Crippen MR) is 88.4 cm³/mol. The molecule has 2 N–H and O–H groups in total. The normalized spacial score (nSPS) is 18.0. The van der Waals surface area contributed by atoms with Crippen LogP contribution in [-0.2, 0) is 4.79 Å². The molecular weight excluding hydrogens is 260 g/mol. The Morgan fingerprint density at radius 2 is 1.76 bits per heavy atom. The van der Waals surface area contributed by atoms with E-state index in [0.29, 0.717) is 6.04 Å². The Morgan fingerprint density at radius 3 is 2.33 bits per heavy atom. The van der Waals surface area contributed by atoms with Gasteiger partial charge in [-0.05, 0) is 44.0 Å². The maximum atomic E-state index is 12.3. The van der Waals surface area contributed by atoms with Crippen molar-refractivity contribution < 1.29 is 4.79 Å². The van der Waals surface area contributed by atoms with Gasteiger partial charge in [0.2, 0.25) is 5.91 Å². The zero-order chi connectivity index (χ0) is 15.1. The number of rotatable bonds is 5. The van der Waals surface area contributed by atoms with Crippen LogP contribution in [-0.4, -0.2) is 12.5 Å². The number of hydrogen-bond donors (Lipinski definition) is 2. The van der Waals surface area contributed by atoms with Crippen molar-refractivity contribution in [1.82, 2.24) is 5.32 Å². The van der Waals surface area contributed by atoms with E-state index >= 15 is 0 Å². The smallest absolute Gasteiger partial charge is 0.227 e. The van der Waals surface area contributed by atoms with Crippen molar-refractivity contribution >= 4 is 11.6 Å². The van der Waals surface area contributed by atoms with Crippen molar-refractivity contribution in [3.63, 3.8) is 0 Å². The highest BCUT2D eigenvalue weighted by molar-refractivity contribution is 5.92. The van der Waals surface area contributed by atoms with Crippen LogP contribution in [0.5, 0.6) is 0 Å². The third-order valence-electron chi connectivity index (χ3n) is 4.41. The van der Waals surface area contributed by atoms with Gasteiger partial charge in [-0.15, -0.1) is 0 Å². The quantitative estimate of drug-likeness (QED) is 0.795. The van der Waals surface area contributed by atoms with Gasteiger partial charge in [0, 0.05) is 17.6 Å². The van der Waals surface area contributed by atoms with Gasteiger partial charge in [0.05, 0.1) is 0 Å². The van der Waals surface area contributed by atoms with Crippen LogP contribution >= 0.6 is 0 Å². The summed E-state index contributed by atoms with van der Waals surface area (Å²) in [6, 6.07) is 8.56. The van der Waals surface area contributed by atoms with E-state index in [2.05, 4.69) is 36.6 Å². The Morgan fingerprint density at radius 1 is 1.14 bits per heavy atom. The van der Waals surface area contributed by atoms with Crippen LogP contribution < -0.4 is 10.6 Å². The highest BCUT2D eigenvalue weighted by Gasteiger charge is 2.19. The molecule has 0 aromatic heterocycles. The molecule has 1 aliphatic carbocycles. The van der Waals surface area contributed by atoms with E-state index in [4.69, 9.17) is 0 Å². The topological polar surface area (TPSA) is 41.1 Å². The first kappa shape index (κ1) is 16.0. The number of hydrogen-bond acceptors (Lipinski definition) is 2. The molecule has 1 aliphatic rings. The van der Waals surface area contributed by atoms with Crippen molar-refractivity contribution in [1.29, 1.82) is 0 Å². The van der Waals surface area contributed by atoms with Crippen molar-refractivity contribution in [2.45, 2.75) is 58.4 Å². The lowest BCUT2D eigenvalue weighted by Gasteiger charge is -2.16. The summed E-state index contributed by atoms with van der Waals surface area (Å²) < 4.78 is 0. The second kappa shape index (κ2) is 8.18. The van der Waals surface area contributed by atoms with E-state index in [1.807, 2.05) is 12.1 Å². The lowest BCUT2D eigenvalue weighted by molar-refractivity contribution is -0.120. The van der Waals surface area contributed by atoms with Crippen molar-refractivity contribution in [2.24, 2.45) is 5.92 Å². The second-order valence-corrected chi connectivity index (χ2v) is 6.08. The van der Waals surface area contributed by atoms with Crippen LogP contribution in [0.4, 0.5) is 5.69 Å². The average Bonchev–Trinajstić information content (AvgIpc) is 2.77. The van der Waals surface area contributed by atoms with E-state index in [1.54, 1.807) is 0 Å². The van der Waals surface area contributed by atoms with E-state index in [0.717, 1.165) is 25.1 Å². The summed E-state index contributed by atoms with van der Waals surface area (Å²) in [4.78, 5) is 12.3. The first-order valence-corrected chi connectivity index (χ1v) is 8.35. The Balaban J connectivity index is 1.91. The van der Waals surface area contributed by atoms with Crippen LogP contribution in [0.25, 0.3) is 0 Å². The molecule has 0 bridgehead atoms. The van der Waals surface area contributed by atoms with Crippen molar-refractivity contribution in [3.05, 3.63) is 29.8 Å². The zero-order valence-corrected chi connectivity index (χ0v) is 13.3. The molecule has 1 fully saturated rings. The third kappa shape index (κ3) is 4.85. The van der Waals surface area contributed by atoms with Gasteiger partial charge in [-0.3, -0.25) is 4.79 Å². The fourth-order valence-electron chi connectivity index (χ4n) is 3.07. The molecule has 1 atom stereocenters. The van der Waals surface area contributed by atoms with E-state index in [9.17, 15) is 4.79 Å². The molecule has 3 heteroatoms. The van der Waals surface area contributed by atoms with Gasteiger partial charge in [0.1, 0.15) is 0 Å². The van der Waals surface area contributed by atoms with E-state index in [1.165, 1.54) is 31.2 Å². The lowest BCUT2D eigenvalue weighted by Crippen LogP contribution is -2.22. The summed E-state index contributed by atoms with van der Waals surface area (Å²) in [6.45, 7) is 5.22. The molecule has 0 heterocycles. The van der Waals surface area contributed by atoms with Crippen LogP contribution in [0.3, 0.4) is 0 Å². The molecule has 3 nitrogen and oxygen atoms in total. The summed E-state index contributed by atoms with van der Waals surface area (Å²) in [5, 5.41) is 6.47. The predicted octanol–water partition coefficient (Wildman–Crippen LogP) is 4.27. The van der Waals surface area contributed by atoms with Gasteiger partial charge < -0.3 is 10.6 Å². The van der Waals surface area contributed by atoms with E-state index < -0.39 is 0 Å². The average molecular weight is 288 g/mol. The fraction of sp³-hybridized carbons (Fsp3) is 0.611. The van der Waals surface area contributed by atoms with E-state index in [-0.39, 0.29) is 11.8 Å². The Kier molecular flexibility index (Phi) is 6.24. The summed E-state index contributed by atoms with van der Waals surface area (Å²) in [6.07, 6.45) is 7.03. The van der Waals surface area contributed by atoms with Crippen molar-refractivity contribution in [2.75, 3.05) is 11.9 Å². The SMILES string of the molecule is CCNC(C)c1ccc(NC(=O)C2CCCCCC2)cc1. The molecular formula is C18H28N2O. The Hall–Kier alpha value is -1.35. The molecule has 1 aromatic carbocycles. The first-order valence-electron chi connectivity index (χ1n) is 8.35. The number of carbonyl (C=O) groups is 1. The van der Waals surface area contributed by atoms with Crippen molar-refractivity contribution in [3.8, 4) is 0 Å². The maximum absolute atomic E-state index is 12.3. The highest BCUT2D eigenvalue weighted by atomic mass is 16.1. The molecule has 1 unspecified atom stereocenters. The molecule has 1 saturated carbocycles. The summed E-state index contributed by atoms with van der Waals surface area (Å²) in [5.74, 6) is 0.400. The molecule has 0 saturated heterocycles. The largest absolute Gasteiger partial charge is 0.326 e. The standard InChI is InChI=1S/C18H28N2O/c1-3-19-14(2)15-10-12-17(13-11-15)20-18(21)16-8-6-4-5-7-9-16/h10-14,16,19H,3-9H2,1-2H3,(H,20,21). The fourth-order valence-corrected chi connectivity index (χ4v) is 3.07. The highest BCUT2D eigenvalue weighted by Crippen LogP contribution is 2.24. The van der Waals surface area contributed by atoms with Gasteiger partial charge in [-0.25, -0.2) is 0 Å². The summed E-state index contributed by atoms with van der Waals surface area (Å²) in [5.41, 5.74) is 2.17. The van der Waals surface area contributed by atoms with Gasteiger partial charge in [0.25, 0.3) is 0 Å². The molecule has 1 aromatic rings. The Labute approximate surface area is 128 Å². The van der Waals surface area contributed by atoms with Crippen LogP contribution in [0.1, 0.15) is 64.0 Å². The van der Waals surface area contributed by atoms with Crippen LogP contribution in [0, 0.1) is 5.92 Å². The zero-order valence-electron chi connectivity index (χ0n) is 13.3. The Bertz CT molecular complexity index is 433. The molecule has 116 valence electrons. The minimum atomic E-state index is 0.199. The summed E-state index contributed by atoms with van der Waals surface area (Å²) >= 11 is 0. The third-order valence-corrected chi connectivity index (χ3v) is 4.41. The number of anilines is 1. The van der Waals surface area contributed by atoms with Crippen LogP contribution in [0.2, 0.25) is 0 Å². The minimum Gasteiger partial charge on any atom is -0.326 e. The molecule has 1 amide bonds. The number of benzene rings is 1. The number of carbonyl (C=O) groups excluding carboxylic acids is 1. The maximum Gasteiger partial charge on any atom is 0.227 e. The lowest BCUT2D eigenvalue weighted by atomic mass is 9.99. The van der Waals surface area contributed by atoms with Crippen LogP contribution in [0.15, 0.2) is 24.3 Å². The number of nitrogens with one attached hydrogen (secondary N) is 2. The second-order valence-electron chi connectivity index (χ2n) is 6.08. The van der Waals surface area contributed by atoms with Gasteiger partial charge in [0.15, 0.2) is 0 Å². The molecule has 21 heavy (non-hydrogen) atoms. The van der Waals surface area contributed by atoms with Gasteiger partial charge in [-0.2, -0.15) is 0 Å². The molecule has 2 rings (SSSR count). The van der Waals surface area contributed by atoms with Gasteiger partial charge in [-0.1, -0.05) is 44.7 Å². The summed E-state index contributed by atoms with van der Waals surface area (Å²) in [7, 11) is 0. The first-order chi connectivity index (χ1) is 10.2. The van der Waals surface area contributed by atoms with Gasteiger partial charge >= 0.3 is 0 Å².